The van der Waals surface area contributed by atoms with Gasteiger partial charge in [-0.05, 0) is 0 Å². The van der Waals surface area contributed by atoms with Crippen molar-refractivity contribution in [3.63, 3.8) is 0 Å². The molecule has 40 valence electrons. The van der Waals surface area contributed by atoms with Gasteiger partial charge in [0, 0.05) is 12.3 Å². The lowest BCUT2D eigenvalue weighted by molar-refractivity contribution is -0.135. The minimum Gasteiger partial charge on any atom is -0.434 e. The Morgan fingerprint density at radius 3 is 2.57 bits per heavy atom. The third kappa shape index (κ3) is 5.56. The van der Waals surface area contributed by atoms with Crippen LogP contribution in [-0.2, 0) is 9.53 Å². The molecule has 0 aliphatic heterocycles. The van der Waals surface area contributed by atoms with Crippen LogP contribution in [0.3, 0.4) is 0 Å². The van der Waals surface area contributed by atoms with Crippen LogP contribution in [0, 0.1) is 0 Å². The van der Waals surface area contributed by atoms with E-state index in [1.807, 2.05) is 0 Å². The van der Waals surface area contributed by atoms with Crippen molar-refractivity contribution in [2.75, 3.05) is 0 Å². The van der Waals surface area contributed by atoms with E-state index in [2.05, 4.69) is 17.4 Å². The summed E-state index contributed by atoms with van der Waals surface area (Å²) in [6, 6.07) is 0. The van der Waals surface area contributed by atoms with Crippen LogP contribution in [0.5, 0.6) is 0 Å². The van der Waals surface area contributed by atoms with Crippen molar-refractivity contribution in [1.29, 1.82) is 0 Å². The van der Waals surface area contributed by atoms with Crippen LogP contribution in [0.15, 0.2) is 11.7 Å². The molecule has 0 aromatic rings. The van der Waals surface area contributed by atoms with E-state index in [0.717, 1.165) is 0 Å². The van der Waals surface area contributed by atoms with Crippen molar-refractivity contribution in [3.05, 3.63) is 11.7 Å². The quantitative estimate of drug-likeness (QED) is 0.315. The van der Waals surface area contributed by atoms with Crippen molar-refractivity contribution in [2.45, 2.75) is 6.92 Å². The van der Waals surface area contributed by atoms with Gasteiger partial charge in [-0.2, -0.15) is 0 Å². The van der Waals surface area contributed by atoms with Gasteiger partial charge < -0.3 is 4.74 Å². The maximum absolute atomic E-state index is 9.90. The highest BCUT2D eigenvalue weighted by Gasteiger charge is 1.80. The first-order chi connectivity index (χ1) is 3.27. The molecule has 0 radical (unpaired) electrons. The average molecular weight is 118 g/mol. The second kappa shape index (κ2) is 3.74. The number of rotatable bonds is 1. The predicted molar refractivity (Wildman–Crippen MR) is 29.9 cm³/mol. The molecule has 0 aliphatic carbocycles. The molecule has 0 aliphatic rings. The molecule has 0 saturated heterocycles. The Bertz CT molecular complexity index is 87.7. The van der Waals surface area contributed by atoms with Gasteiger partial charge in [0.05, 0.1) is 0 Å². The predicted octanol–water partition coefficient (Wildman–Crippen LogP) is 0.950. The summed E-state index contributed by atoms with van der Waals surface area (Å²) < 4.78 is 4.30. The first-order valence-electron chi connectivity index (χ1n) is 1.74. The zero-order chi connectivity index (χ0) is 5.70. The van der Waals surface area contributed by atoms with Gasteiger partial charge in [-0.1, -0.05) is 0 Å². The lowest BCUT2D eigenvalue weighted by atomic mass is 10.8. The summed E-state index contributed by atoms with van der Waals surface area (Å²) in [6.45, 7) is 1.33. The van der Waals surface area contributed by atoms with Crippen LogP contribution in [0.1, 0.15) is 6.92 Å². The standard InChI is InChI=1S/C4H6O2S/c1-4(5)6-2-3-7/h2-3,7H,1H3. The van der Waals surface area contributed by atoms with E-state index in [9.17, 15) is 4.79 Å². The highest BCUT2D eigenvalue weighted by Crippen LogP contribution is 1.79. The van der Waals surface area contributed by atoms with Crippen LogP contribution in [-0.4, -0.2) is 5.97 Å². The van der Waals surface area contributed by atoms with E-state index in [1.165, 1.54) is 18.6 Å². The van der Waals surface area contributed by atoms with Crippen LogP contribution < -0.4 is 0 Å². The molecule has 0 heterocycles. The Kier molecular flexibility index (Phi) is 3.50. The number of ether oxygens (including phenoxy) is 1. The van der Waals surface area contributed by atoms with Crippen molar-refractivity contribution in [2.24, 2.45) is 0 Å². The molecule has 0 aromatic carbocycles. The van der Waals surface area contributed by atoms with Gasteiger partial charge in [-0.3, -0.25) is 4.79 Å². The van der Waals surface area contributed by atoms with Gasteiger partial charge in [-0.15, -0.1) is 12.6 Å². The third-order valence-electron chi connectivity index (χ3n) is 0.295. The van der Waals surface area contributed by atoms with Gasteiger partial charge in [0.2, 0.25) is 0 Å². The molecule has 0 amide bonds. The van der Waals surface area contributed by atoms with Crippen LogP contribution in [0.25, 0.3) is 0 Å². The summed E-state index contributed by atoms with van der Waals surface area (Å²) in [5.41, 5.74) is 0. The fourth-order valence-electron chi connectivity index (χ4n) is 0.126. The fraction of sp³-hybridized carbons (Fsp3) is 0.250. The van der Waals surface area contributed by atoms with E-state index in [4.69, 9.17) is 0 Å². The van der Waals surface area contributed by atoms with Gasteiger partial charge in [-0.25, -0.2) is 0 Å². The van der Waals surface area contributed by atoms with Gasteiger partial charge in [0.15, 0.2) is 0 Å². The molecule has 0 N–H and O–H groups in total. The molecule has 3 heteroatoms. The lowest BCUT2D eigenvalue weighted by Crippen LogP contribution is -1.88. The summed E-state index contributed by atoms with van der Waals surface area (Å²) in [4.78, 5) is 9.90. The molecule has 0 unspecified atom stereocenters. The first-order valence-corrected chi connectivity index (χ1v) is 2.25. The van der Waals surface area contributed by atoms with Crippen molar-refractivity contribution in [1.82, 2.24) is 0 Å². The van der Waals surface area contributed by atoms with Gasteiger partial charge in [0.1, 0.15) is 6.26 Å². The summed E-state index contributed by atoms with van der Waals surface area (Å²) >= 11 is 3.64. The number of hydrogen-bond acceptors (Lipinski definition) is 3. The van der Waals surface area contributed by atoms with Crippen LogP contribution >= 0.6 is 12.6 Å². The minimum absolute atomic E-state index is 0.328. The second-order valence-electron chi connectivity index (χ2n) is 0.895. The number of carbonyl (C=O) groups excluding carboxylic acids is 1. The van der Waals surface area contributed by atoms with E-state index in [1.54, 1.807) is 0 Å². The lowest BCUT2D eigenvalue weighted by Gasteiger charge is -1.84. The third-order valence-corrected chi connectivity index (χ3v) is 0.417. The summed E-state index contributed by atoms with van der Waals surface area (Å²) in [5.74, 6) is -0.328. The van der Waals surface area contributed by atoms with Crippen molar-refractivity contribution >= 4 is 18.6 Å². The molecule has 2 nitrogen and oxygen atoms in total. The molecule has 0 fully saturated rings. The van der Waals surface area contributed by atoms with Crippen molar-refractivity contribution < 1.29 is 9.53 Å². The SMILES string of the molecule is CC(=O)OC=CS. The second-order valence-corrected chi connectivity index (χ2v) is 1.19. The zero-order valence-corrected chi connectivity index (χ0v) is 4.81. The molecule has 7 heavy (non-hydrogen) atoms. The van der Waals surface area contributed by atoms with E-state index in [-0.39, 0.29) is 5.97 Å². The highest BCUT2D eigenvalue weighted by atomic mass is 32.1. The van der Waals surface area contributed by atoms with Gasteiger partial charge >= 0.3 is 5.97 Å². The maximum Gasteiger partial charge on any atom is 0.307 e. The molecular formula is C4H6O2S. The Balaban J connectivity index is 3.14. The Hall–Kier alpha value is -0.440. The van der Waals surface area contributed by atoms with E-state index < -0.39 is 0 Å². The topological polar surface area (TPSA) is 26.3 Å². The molecule has 0 spiro atoms. The Morgan fingerprint density at radius 2 is 2.43 bits per heavy atom. The molecule has 0 atom stereocenters. The van der Waals surface area contributed by atoms with E-state index in [0.29, 0.717) is 0 Å². The monoisotopic (exact) mass is 118 g/mol. The highest BCUT2D eigenvalue weighted by molar-refractivity contribution is 7.83. The normalized spacial score (nSPS) is 9.43. The number of esters is 1. The minimum atomic E-state index is -0.328. The molecular weight excluding hydrogens is 112 g/mol. The van der Waals surface area contributed by atoms with Crippen molar-refractivity contribution in [3.8, 4) is 0 Å². The van der Waals surface area contributed by atoms with Crippen LogP contribution in [0.4, 0.5) is 0 Å². The molecule has 0 bridgehead atoms. The average Bonchev–Trinajstić information content (AvgIpc) is 1.61. The maximum atomic E-state index is 9.90. The molecule has 0 rings (SSSR count). The number of carbonyl (C=O) groups is 1. The summed E-state index contributed by atoms with van der Waals surface area (Å²) in [5, 5.41) is 1.35. The first kappa shape index (κ1) is 6.56. The van der Waals surface area contributed by atoms with Crippen LogP contribution in [0.2, 0.25) is 0 Å². The Labute approximate surface area is 47.6 Å². The smallest absolute Gasteiger partial charge is 0.307 e. The van der Waals surface area contributed by atoms with Gasteiger partial charge in [0.25, 0.3) is 0 Å². The summed E-state index contributed by atoms with van der Waals surface area (Å²) in [6.07, 6.45) is 1.21. The number of hydrogen-bond donors (Lipinski definition) is 1. The zero-order valence-electron chi connectivity index (χ0n) is 3.92. The molecule has 0 saturated carbocycles. The number of thiol groups is 1. The molecule has 0 aromatic heterocycles. The summed E-state index contributed by atoms with van der Waals surface area (Å²) in [7, 11) is 0. The largest absolute Gasteiger partial charge is 0.434 e. The van der Waals surface area contributed by atoms with E-state index >= 15 is 0 Å². The Morgan fingerprint density at radius 1 is 1.86 bits per heavy atom. The fourth-order valence-corrected chi connectivity index (χ4v) is 0.187.